The van der Waals surface area contributed by atoms with Gasteiger partial charge in [-0.25, -0.2) is 4.68 Å². The molecule has 2 aromatic carbocycles. The number of hydrogen-bond acceptors (Lipinski definition) is 6. The maximum absolute atomic E-state index is 13.0. The Labute approximate surface area is 187 Å². The Morgan fingerprint density at radius 2 is 1.94 bits per heavy atom. The Balaban J connectivity index is 1.52. The molecular weight excluding hydrogens is 439 g/mol. The number of Topliss-reactive ketones (excluding diaryl/α,β-unsaturated/α-hetero) is 1. The van der Waals surface area contributed by atoms with Crippen molar-refractivity contribution in [1.29, 1.82) is 0 Å². The summed E-state index contributed by atoms with van der Waals surface area (Å²) in [6, 6.07) is 10.5. The second-order valence-electron chi connectivity index (χ2n) is 7.64. The Kier molecular flexibility index (Phi) is 4.23. The Hall–Kier alpha value is -3.03. The molecule has 31 heavy (non-hydrogen) atoms. The molecule has 1 unspecified atom stereocenters. The highest BCUT2D eigenvalue weighted by Crippen LogP contribution is 2.43. The van der Waals surface area contributed by atoms with Gasteiger partial charge < -0.3 is 14.8 Å². The zero-order chi connectivity index (χ0) is 21.1. The molecule has 3 aromatic rings. The van der Waals surface area contributed by atoms with Gasteiger partial charge in [-0.3, -0.25) is 4.79 Å². The number of nitrogens with zero attached hydrogens (tertiary/aromatic N) is 3. The van der Waals surface area contributed by atoms with Crippen LogP contribution in [0.5, 0.6) is 11.5 Å². The number of halogens is 2. The second-order valence-corrected chi connectivity index (χ2v) is 8.48. The van der Waals surface area contributed by atoms with Crippen molar-refractivity contribution in [2.75, 3.05) is 12.1 Å². The lowest BCUT2D eigenvalue weighted by molar-refractivity contribution is -0.116. The average molecular weight is 455 g/mol. The number of allylic oxidation sites excluding steroid dienone is 2. The summed E-state index contributed by atoms with van der Waals surface area (Å²) in [6.07, 6.45) is 2.11. The van der Waals surface area contributed by atoms with Crippen LogP contribution >= 0.6 is 23.2 Å². The lowest BCUT2D eigenvalue weighted by Crippen LogP contribution is -2.31. The van der Waals surface area contributed by atoms with E-state index in [9.17, 15) is 4.79 Å². The summed E-state index contributed by atoms with van der Waals surface area (Å²) in [5.74, 6) is 2.49. The predicted octanol–water partition coefficient (Wildman–Crippen LogP) is 5.00. The first kappa shape index (κ1) is 18.7. The van der Waals surface area contributed by atoms with Gasteiger partial charge in [0.2, 0.25) is 12.7 Å². The molecule has 156 valence electrons. The quantitative estimate of drug-likeness (QED) is 0.586. The molecule has 0 saturated heterocycles. The van der Waals surface area contributed by atoms with E-state index in [1.807, 2.05) is 18.2 Å². The van der Waals surface area contributed by atoms with Gasteiger partial charge in [-0.2, -0.15) is 4.98 Å². The monoisotopic (exact) mass is 454 g/mol. The fourth-order valence-electron chi connectivity index (χ4n) is 4.33. The summed E-state index contributed by atoms with van der Waals surface area (Å²) < 4.78 is 12.8. The molecule has 3 heterocycles. The van der Waals surface area contributed by atoms with Crippen molar-refractivity contribution in [2.45, 2.75) is 25.3 Å². The zero-order valence-corrected chi connectivity index (χ0v) is 17.7. The number of hydrogen-bond donors (Lipinski definition) is 1. The van der Waals surface area contributed by atoms with Crippen molar-refractivity contribution in [3.63, 3.8) is 0 Å². The molecular formula is C22H16Cl2N4O3. The number of nitrogens with one attached hydrogen (secondary N) is 1. The number of fused-ring (bicyclic) bond motifs is 2. The highest BCUT2D eigenvalue weighted by atomic mass is 35.5. The molecule has 0 saturated carbocycles. The number of rotatable bonds is 2. The largest absolute Gasteiger partial charge is 0.454 e. The number of carbonyl (C=O) groups excluding carboxylic acids is 1. The summed E-state index contributed by atoms with van der Waals surface area (Å²) in [5, 5.41) is 9.07. The maximum Gasteiger partial charge on any atom is 0.231 e. The van der Waals surface area contributed by atoms with Gasteiger partial charge in [-0.05, 0) is 48.7 Å². The molecule has 7 nitrogen and oxygen atoms in total. The van der Waals surface area contributed by atoms with Crippen LogP contribution in [0.15, 0.2) is 47.7 Å². The van der Waals surface area contributed by atoms with Gasteiger partial charge in [0.25, 0.3) is 0 Å². The molecule has 0 bridgehead atoms. The second kappa shape index (κ2) is 7.00. The van der Waals surface area contributed by atoms with E-state index in [4.69, 9.17) is 37.8 Å². The molecule has 0 spiro atoms. The first-order chi connectivity index (χ1) is 15.1. The van der Waals surface area contributed by atoms with Crippen LogP contribution in [0.1, 0.15) is 30.9 Å². The summed E-state index contributed by atoms with van der Waals surface area (Å²) in [4.78, 5) is 17.7. The first-order valence-electron chi connectivity index (χ1n) is 9.93. The molecule has 1 aliphatic carbocycles. The van der Waals surface area contributed by atoms with Crippen LogP contribution in [0.2, 0.25) is 10.0 Å². The van der Waals surface area contributed by atoms with Crippen molar-refractivity contribution in [3.05, 3.63) is 63.3 Å². The fourth-order valence-corrected chi connectivity index (χ4v) is 4.83. The van der Waals surface area contributed by atoms with E-state index in [0.29, 0.717) is 45.3 Å². The van der Waals surface area contributed by atoms with E-state index in [-0.39, 0.29) is 12.6 Å². The fraction of sp³-hybridized carbons (Fsp3) is 0.227. The molecule has 2 aliphatic heterocycles. The van der Waals surface area contributed by atoms with Crippen LogP contribution < -0.4 is 14.8 Å². The Bertz CT molecular complexity index is 1280. The van der Waals surface area contributed by atoms with Gasteiger partial charge in [0.1, 0.15) is 6.04 Å². The minimum atomic E-state index is -0.416. The van der Waals surface area contributed by atoms with Gasteiger partial charge in [-0.1, -0.05) is 29.3 Å². The average Bonchev–Trinajstić information content (AvgIpc) is 3.38. The first-order valence-corrected chi connectivity index (χ1v) is 10.7. The van der Waals surface area contributed by atoms with Crippen molar-refractivity contribution in [3.8, 4) is 22.9 Å². The van der Waals surface area contributed by atoms with Crippen molar-refractivity contribution in [2.24, 2.45) is 0 Å². The van der Waals surface area contributed by atoms with Gasteiger partial charge in [0.05, 0.1) is 5.02 Å². The van der Waals surface area contributed by atoms with Gasteiger partial charge in [-0.15, -0.1) is 5.10 Å². The van der Waals surface area contributed by atoms with Crippen LogP contribution in [0.4, 0.5) is 5.95 Å². The summed E-state index contributed by atoms with van der Waals surface area (Å²) in [7, 11) is 0. The van der Waals surface area contributed by atoms with Crippen molar-refractivity contribution in [1.82, 2.24) is 14.8 Å². The van der Waals surface area contributed by atoms with Crippen LogP contribution in [0.3, 0.4) is 0 Å². The van der Waals surface area contributed by atoms with Crippen molar-refractivity contribution < 1.29 is 14.3 Å². The van der Waals surface area contributed by atoms with Crippen LogP contribution in [0, 0.1) is 0 Å². The number of ether oxygens (including phenoxy) is 2. The lowest BCUT2D eigenvalue weighted by atomic mass is 9.85. The van der Waals surface area contributed by atoms with E-state index in [1.54, 1.807) is 22.9 Å². The standard InChI is InChI=1S/C22H16Cl2N4O3/c23-12-5-6-13(14(24)9-12)21-26-22-25-15-2-1-3-16(29)19(15)20(28(22)27-21)11-4-7-17-18(8-11)31-10-30-17/h4-9,20H,1-3,10H2,(H,25,26,27). The number of aromatic nitrogens is 3. The summed E-state index contributed by atoms with van der Waals surface area (Å²) in [6.45, 7) is 0.186. The number of anilines is 1. The SMILES string of the molecule is O=C1CCCC2=C1C(c1ccc3c(c1)OCO3)n1nc(-c3ccc(Cl)cc3Cl)nc1N2. The maximum atomic E-state index is 13.0. The molecule has 0 radical (unpaired) electrons. The molecule has 1 aromatic heterocycles. The number of benzene rings is 2. The van der Waals surface area contributed by atoms with E-state index in [1.165, 1.54) is 0 Å². The minimum absolute atomic E-state index is 0.114. The number of carbonyl (C=O) groups is 1. The van der Waals surface area contributed by atoms with Gasteiger partial charge >= 0.3 is 0 Å². The van der Waals surface area contributed by atoms with Gasteiger partial charge in [0, 0.05) is 28.3 Å². The smallest absolute Gasteiger partial charge is 0.231 e. The Morgan fingerprint density at radius 1 is 1.06 bits per heavy atom. The van der Waals surface area contributed by atoms with Crippen LogP contribution in [0.25, 0.3) is 11.4 Å². The molecule has 6 rings (SSSR count). The molecule has 9 heteroatoms. The topological polar surface area (TPSA) is 78.3 Å². The minimum Gasteiger partial charge on any atom is -0.454 e. The molecule has 3 aliphatic rings. The molecule has 1 N–H and O–H groups in total. The third-order valence-corrected chi connectivity index (χ3v) is 6.30. The third kappa shape index (κ3) is 2.99. The van der Waals surface area contributed by atoms with E-state index < -0.39 is 6.04 Å². The highest BCUT2D eigenvalue weighted by molar-refractivity contribution is 6.36. The summed E-state index contributed by atoms with van der Waals surface area (Å²) in [5.41, 5.74) is 3.17. The number of ketones is 1. The normalized spacial score (nSPS) is 19.2. The predicted molar refractivity (Wildman–Crippen MR) is 116 cm³/mol. The van der Waals surface area contributed by atoms with E-state index in [0.717, 1.165) is 29.7 Å². The van der Waals surface area contributed by atoms with Crippen LogP contribution in [-0.4, -0.2) is 27.3 Å². The van der Waals surface area contributed by atoms with Gasteiger partial charge in [0.15, 0.2) is 23.1 Å². The summed E-state index contributed by atoms with van der Waals surface area (Å²) >= 11 is 12.4. The van der Waals surface area contributed by atoms with E-state index in [2.05, 4.69) is 10.3 Å². The third-order valence-electron chi connectivity index (χ3n) is 5.75. The Morgan fingerprint density at radius 3 is 2.81 bits per heavy atom. The molecule has 1 atom stereocenters. The van der Waals surface area contributed by atoms with E-state index >= 15 is 0 Å². The van der Waals surface area contributed by atoms with Crippen molar-refractivity contribution >= 4 is 34.9 Å². The molecule has 0 amide bonds. The van der Waals surface area contributed by atoms with Crippen LogP contribution in [-0.2, 0) is 4.79 Å². The zero-order valence-electron chi connectivity index (χ0n) is 16.2. The highest BCUT2D eigenvalue weighted by Gasteiger charge is 2.37. The molecule has 0 fully saturated rings. The lowest BCUT2D eigenvalue weighted by Gasteiger charge is -2.32.